The molecule has 0 aliphatic heterocycles. The molecule has 18 heavy (non-hydrogen) atoms. The van der Waals surface area contributed by atoms with Gasteiger partial charge >= 0.3 is 0 Å². The summed E-state index contributed by atoms with van der Waals surface area (Å²) in [6.07, 6.45) is 6.46. The van der Waals surface area contributed by atoms with Crippen molar-refractivity contribution in [2.24, 2.45) is 5.92 Å². The number of ether oxygens (including phenoxy) is 1. The topological polar surface area (TPSA) is 39.2 Å². The predicted octanol–water partition coefficient (Wildman–Crippen LogP) is 4.00. The third kappa shape index (κ3) is 3.18. The Bertz CT molecular complexity index is 396. The van der Waals surface area contributed by atoms with Crippen LogP contribution in [0.1, 0.15) is 67.6 Å². The summed E-state index contributed by atoms with van der Waals surface area (Å²) in [5.74, 6) is 0.612. The van der Waals surface area contributed by atoms with Crippen molar-refractivity contribution in [3.63, 3.8) is 0 Å². The van der Waals surface area contributed by atoms with E-state index in [0.29, 0.717) is 18.2 Å². The Morgan fingerprint density at radius 1 is 1.50 bits per heavy atom. The zero-order valence-corrected chi connectivity index (χ0v) is 12.0. The highest BCUT2D eigenvalue weighted by Crippen LogP contribution is 2.37. The van der Waals surface area contributed by atoms with Gasteiger partial charge in [0.1, 0.15) is 16.8 Å². The van der Waals surface area contributed by atoms with Gasteiger partial charge in [-0.25, -0.2) is 4.98 Å². The molecule has 1 aromatic heterocycles. The Kier molecular flexibility index (Phi) is 4.89. The summed E-state index contributed by atoms with van der Waals surface area (Å²) < 4.78 is 5.90. The second kappa shape index (κ2) is 6.43. The number of hydrogen-bond acceptors (Lipinski definition) is 4. The molecule has 0 bridgehead atoms. The molecule has 0 N–H and O–H groups in total. The summed E-state index contributed by atoms with van der Waals surface area (Å²) in [7, 11) is 0. The molecule has 0 saturated heterocycles. The molecule has 4 heteroatoms. The van der Waals surface area contributed by atoms with Crippen LogP contribution in [-0.2, 0) is 4.74 Å². The third-order valence-electron chi connectivity index (χ3n) is 3.55. The highest BCUT2D eigenvalue weighted by atomic mass is 32.1. The maximum Gasteiger partial charge on any atom is 0.178 e. The predicted molar refractivity (Wildman–Crippen MR) is 73.1 cm³/mol. The number of nitrogens with zero attached hydrogens (tertiary/aromatic N) is 1. The van der Waals surface area contributed by atoms with Gasteiger partial charge in [0.05, 0.1) is 0 Å². The van der Waals surface area contributed by atoms with Gasteiger partial charge in [-0.3, -0.25) is 4.79 Å². The standard InChI is InChI=1S/C14H21NO2S/c1-3-17-13(11-7-5-4-6-8-11)14-15-12(9-18-14)10(2)16/h9,11,13H,3-8H2,1-2H3. The van der Waals surface area contributed by atoms with Crippen molar-refractivity contribution in [2.75, 3.05) is 6.61 Å². The van der Waals surface area contributed by atoms with Gasteiger partial charge in [0.2, 0.25) is 0 Å². The lowest BCUT2D eigenvalue weighted by Crippen LogP contribution is -2.19. The van der Waals surface area contributed by atoms with E-state index in [2.05, 4.69) is 4.98 Å². The van der Waals surface area contributed by atoms with Gasteiger partial charge in [-0.2, -0.15) is 0 Å². The molecule has 1 saturated carbocycles. The highest BCUT2D eigenvalue weighted by Gasteiger charge is 2.28. The van der Waals surface area contributed by atoms with Gasteiger partial charge in [-0.15, -0.1) is 11.3 Å². The molecule has 0 aromatic carbocycles. The minimum Gasteiger partial charge on any atom is -0.371 e. The summed E-state index contributed by atoms with van der Waals surface area (Å²) in [6, 6.07) is 0. The average Bonchev–Trinajstić information content (AvgIpc) is 2.86. The second-order valence-corrected chi connectivity index (χ2v) is 5.79. The van der Waals surface area contributed by atoms with Crippen molar-refractivity contribution in [3.8, 4) is 0 Å². The summed E-state index contributed by atoms with van der Waals surface area (Å²) in [6.45, 7) is 4.29. The fourth-order valence-corrected chi connectivity index (χ4v) is 3.60. The zero-order chi connectivity index (χ0) is 13.0. The molecule has 1 fully saturated rings. The van der Waals surface area contributed by atoms with Gasteiger partial charge in [0, 0.05) is 18.9 Å². The fraction of sp³-hybridized carbons (Fsp3) is 0.714. The SMILES string of the molecule is CCOC(c1nc(C(C)=O)cs1)C1CCCCC1. The van der Waals surface area contributed by atoms with Crippen molar-refractivity contribution < 1.29 is 9.53 Å². The Labute approximate surface area is 113 Å². The number of hydrogen-bond donors (Lipinski definition) is 0. The number of ketones is 1. The van der Waals surface area contributed by atoms with E-state index in [4.69, 9.17) is 4.74 Å². The Morgan fingerprint density at radius 2 is 2.22 bits per heavy atom. The molecular formula is C14H21NO2S. The van der Waals surface area contributed by atoms with E-state index in [-0.39, 0.29) is 11.9 Å². The van der Waals surface area contributed by atoms with Crippen molar-refractivity contribution in [2.45, 2.75) is 52.1 Å². The fourth-order valence-electron chi connectivity index (χ4n) is 2.61. The van der Waals surface area contributed by atoms with E-state index in [0.717, 1.165) is 5.01 Å². The number of aromatic nitrogens is 1. The van der Waals surface area contributed by atoms with Crippen LogP contribution < -0.4 is 0 Å². The number of carbonyl (C=O) groups is 1. The van der Waals surface area contributed by atoms with Crippen LogP contribution in [-0.4, -0.2) is 17.4 Å². The van der Waals surface area contributed by atoms with Gasteiger partial charge < -0.3 is 4.74 Å². The quantitative estimate of drug-likeness (QED) is 0.757. The van der Waals surface area contributed by atoms with E-state index in [1.807, 2.05) is 12.3 Å². The molecule has 1 atom stereocenters. The first-order chi connectivity index (χ1) is 8.72. The minimum atomic E-state index is 0.0383. The lowest BCUT2D eigenvalue weighted by molar-refractivity contribution is 0.00545. The number of thiazole rings is 1. The van der Waals surface area contributed by atoms with Gasteiger partial charge in [-0.05, 0) is 25.7 Å². The van der Waals surface area contributed by atoms with Crippen LogP contribution in [0.15, 0.2) is 5.38 Å². The lowest BCUT2D eigenvalue weighted by atomic mass is 9.85. The van der Waals surface area contributed by atoms with Crippen LogP contribution in [0, 0.1) is 5.92 Å². The van der Waals surface area contributed by atoms with Crippen molar-refractivity contribution in [1.82, 2.24) is 4.98 Å². The van der Waals surface area contributed by atoms with E-state index in [9.17, 15) is 4.79 Å². The largest absolute Gasteiger partial charge is 0.371 e. The molecule has 1 aliphatic carbocycles. The maximum atomic E-state index is 11.3. The van der Waals surface area contributed by atoms with E-state index in [1.165, 1.54) is 32.1 Å². The van der Waals surface area contributed by atoms with Crippen molar-refractivity contribution in [3.05, 3.63) is 16.1 Å². The molecule has 1 heterocycles. The first-order valence-electron chi connectivity index (χ1n) is 6.80. The van der Waals surface area contributed by atoms with Crippen molar-refractivity contribution in [1.29, 1.82) is 0 Å². The van der Waals surface area contributed by atoms with E-state index in [1.54, 1.807) is 18.3 Å². The Hall–Kier alpha value is -0.740. The summed E-state index contributed by atoms with van der Waals surface area (Å²) in [5.41, 5.74) is 0.579. The van der Waals surface area contributed by atoms with Crippen LogP contribution in [0.5, 0.6) is 0 Å². The molecule has 0 radical (unpaired) electrons. The Morgan fingerprint density at radius 3 is 2.78 bits per heavy atom. The lowest BCUT2D eigenvalue weighted by Gasteiger charge is -2.28. The van der Waals surface area contributed by atoms with Gasteiger partial charge in [-0.1, -0.05) is 19.3 Å². The number of rotatable bonds is 5. The summed E-state index contributed by atoms with van der Waals surface area (Å²) in [5, 5.41) is 2.83. The van der Waals surface area contributed by atoms with Crippen molar-refractivity contribution >= 4 is 17.1 Å². The molecule has 2 rings (SSSR count). The zero-order valence-electron chi connectivity index (χ0n) is 11.1. The molecule has 100 valence electrons. The molecule has 1 aliphatic rings. The summed E-state index contributed by atoms with van der Waals surface area (Å²) in [4.78, 5) is 15.8. The molecule has 1 unspecified atom stereocenters. The molecular weight excluding hydrogens is 246 g/mol. The van der Waals surface area contributed by atoms with Crippen LogP contribution in [0.3, 0.4) is 0 Å². The van der Waals surface area contributed by atoms with Crippen LogP contribution in [0.2, 0.25) is 0 Å². The molecule has 1 aromatic rings. The minimum absolute atomic E-state index is 0.0383. The number of carbonyl (C=O) groups excluding carboxylic acids is 1. The molecule has 0 amide bonds. The second-order valence-electron chi connectivity index (χ2n) is 4.90. The van der Waals surface area contributed by atoms with Gasteiger partial charge in [0.15, 0.2) is 5.78 Å². The third-order valence-corrected chi connectivity index (χ3v) is 4.46. The highest BCUT2D eigenvalue weighted by molar-refractivity contribution is 7.09. The number of Topliss-reactive ketones (excluding diaryl/α,β-unsaturated/α-hetero) is 1. The van der Waals surface area contributed by atoms with Crippen LogP contribution in [0.4, 0.5) is 0 Å². The monoisotopic (exact) mass is 267 g/mol. The maximum absolute atomic E-state index is 11.3. The first kappa shape index (κ1) is 13.7. The van der Waals surface area contributed by atoms with E-state index < -0.39 is 0 Å². The first-order valence-corrected chi connectivity index (χ1v) is 7.68. The van der Waals surface area contributed by atoms with Gasteiger partial charge in [0.25, 0.3) is 0 Å². The Balaban J connectivity index is 2.14. The molecule has 3 nitrogen and oxygen atoms in total. The van der Waals surface area contributed by atoms with Crippen LogP contribution in [0.25, 0.3) is 0 Å². The van der Waals surface area contributed by atoms with Crippen LogP contribution >= 0.6 is 11.3 Å². The average molecular weight is 267 g/mol. The van der Waals surface area contributed by atoms with E-state index >= 15 is 0 Å². The summed E-state index contributed by atoms with van der Waals surface area (Å²) >= 11 is 1.56. The normalized spacial score (nSPS) is 18.8. The smallest absolute Gasteiger partial charge is 0.178 e. The molecule has 0 spiro atoms.